The van der Waals surface area contributed by atoms with Crippen LogP contribution >= 0.6 is 11.8 Å². The predicted molar refractivity (Wildman–Crippen MR) is 74.2 cm³/mol. The van der Waals surface area contributed by atoms with Crippen molar-refractivity contribution in [1.29, 1.82) is 0 Å². The summed E-state index contributed by atoms with van der Waals surface area (Å²) in [4.78, 5) is 0. The maximum absolute atomic E-state index is 3.86. The molecule has 0 fully saturated rings. The second kappa shape index (κ2) is 14.3. The Kier molecular flexibility index (Phi) is 14.7. The molecule has 0 aliphatic rings. The zero-order valence-electron chi connectivity index (χ0n) is 10.3. The van der Waals surface area contributed by atoms with Crippen molar-refractivity contribution < 1.29 is 0 Å². The molecule has 90 valence electrons. The summed E-state index contributed by atoms with van der Waals surface area (Å²) in [6.07, 6.45) is 13.8. The van der Waals surface area contributed by atoms with Crippen LogP contribution in [0.4, 0.5) is 0 Å². The molecule has 0 rings (SSSR count). The first-order valence-electron chi connectivity index (χ1n) is 6.58. The maximum atomic E-state index is 3.86. The van der Waals surface area contributed by atoms with Crippen molar-refractivity contribution >= 4 is 11.8 Å². The van der Waals surface area contributed by atoms with Crippen molar-refractivity contribution in [3.8, 4) is 0 Å². The Morgan fingerprint density at radius 3 is 1.53 bits per heavy atom. The zero-order chi connectivity index (χ0) is 11.2. The van der Waals surface area contributed by atoms with E-state index in [4.69, 9.17) is 0 Å². The van der Waals surface area contributed by atoms with Gasteiger partial charge in [0.15, 0.2) is 0 Å². The Balaban J connectivity index is 2.81. The van der Waals surface area contributed by atoms with Crippen LogP contribution < -0.4 is 0 Å². The molecule has 0 saturated carbocycles. The van der Waals surface area contributed by atoms with Crippen molar-refractivity contribution in [3.05, 3.63) is 13.8 Å². The lowest BCUT2D eigenvalue weighted by molar-refractivity contribution is 0.567. The van der Waals surface area contributed by atoms with E-state index in [-0.39, 0.29) is 0 Å². The van der Waals surface area contributed by atoms with Crippen LogP contribution in [0.3, 0.4) is 0 Å². The van der Waals surface area contributed by atoms with E-state index in [1.54, 1.807) is 0 Å². The second-order valence-electron chi connectivity index (χ2n) is 4.15. The molecule has 0 aromatic heterocycles. The van der Waals surface area contributed by atoms with Crippen molar-refractivity contribution in [3.63, 3.8) is 0 Å². The third-order valence-corrected chi connectivity index (χ3v) is 3.55. The lowest BCUT2D eigenvalue weighted by Gasteiger charge is -2.01. The molecule has 0 bridgehead atoms. The Bertz CT molecular complexity index is 89.5. The van der Waals surface area contributed by atoms with Gasteiger partial charge in [-0.3, -0.25) is 0 Å². The molecule has 0 N–H and O–H groups in total. The van der Waals surface area contributed by atoms with Gasteiger partial charge in [0, 0.05) is 0 Å². The first-order chi connectivity index (χ1) is 7.41. The summed E-state index contributed by atoms with van der Waals surface area (Å²) in [5, 5.41) is 0. The maximum Gasteiger partial charge on any atom is -0.00672 e. The molecule has 0 atom stereocenters. The number of hydrogen-bond acceptors (Lipinski definition) is 1. The van der Waals surface area contributed by atoms with Crippen LogP contribution in [-0.2, 0) is 0 Å². The summed E-state index contributed by atoms with van der Waals surface area (Å²) in [5.74, 6) is 2.35. The fourth-order valence-corrected chi connectivity index (χ4v) is 2.33. The lowest BCUT2D eigenvalue weighted by Crippen LogP contribution is -1.84. The Hall–Kier alpha value is 0.350. The van der Waals surface area contributed by atoms with E-state index in [0.29, 0.717) is 0 Å². The van der Waals surface area contributed by atoms with Crippen LogP contribution in [0.15, 0.2) is 0 Å². The molecule has 0 amide bonds. The predicted octanol–water partition coefficient (Wildman–Crippen LogP) is 5.29. The van der Waals surface area contributed by atoms with Gasteiger partial charge in [-0.2, -0.15) is 11.8 Å². The molecule has 1 heteroatoms. The quantitative estimate of drug-likeness (QED) is 0.409. The van der Waals surface area contributed by atoms with Gasteiger partial charge in [-0.05, 0) is 24.9 Å². The highest BCUT2D eigenvalue weighted by atomic mass is 32.2. The minimum atomic E-state index is 1.03. The molecule has 0 unspecified atom stereocenters. The van der Waals surface area contributed by atoms with E-state index in [1.165, 1.54) is 63.5 Å². The van der Waals surface area contributed by atoms with Crippen LogP contribution in [0.2, 0.25) is 0 Å². The van der Waals surface area contributed by atoms with Crippen LogP contribution in [0.25, 0.3) is 0 Å². The SMILES string of the molecule is [CH2]CCCCCCCCCCCSC[CH2]. The van der Waals surface area contributed by atoms with Crippen molar-refractivity contribution in [2.45, 2.75) is 64.2 Å². The number of rotatable bonds is 12. The molecular formula is C14H28S. The number of hydrogen-bond donors (Lipinski definition) is 0. The second-order valence-corrected chi connectivity index (χ2v) is 5.37. The highest BCUT2D eigenvalue weighted by molar-refractivity contribution is 7.99. The van der Waals surface area contributed by atoms with E-state index >= 15 is 0 Å². The zero-order valence-corrected chi connectivity index (χ0v) is 11.1. The monoisotopic (exact) mass is 228 g/mol. The van der Waals surface area contributed by atoms with Crippen molar-refractivity contribution in [2.24, 2.45) is 0 Å². The summed E-state index contributed by atoms with van der Waals surface area (Å²) in [6, 6.07) is 0. The van der Waals surface area contributed by atoms with Gasteiger partial charge in [-0.15, -0.1) is 0 Å². The molecule has 0 nitrogen and oxygen atoms in total. The average Bonchev–Trinajstić information content (AvgIpc) is 2.26. The minimum Gasteiger partial charge on any atom is -0.162 e. The highest BCUT2D eigenvalue weighted by Crippen LogP contribution is 2.11. The van der Waals surface area contributed by atoms with Gasteiger partial charge < -0.3 is 0 Å². The third kappa shape index (κ3) is 14.4. The van der Waals surface area contributed by atoms with Gasteiger partial charge in [-0.25, -0.2) is 0 Å². The van der Waals surface area contributed by atoms with E-state index in [2.05, 4.69) is 13.8 Å². The number of unbranched alkanes of at least 4 members (excludes halogenated alkanes) is 9. The van der Waals surface area contributed by atoms with Crippen molar-refractivity contribution in [2.75, 3.05) is 11.5 Å². The topological polar surface area (TPSA) is 0 Å². The molecular weight excluding hydrogens is 200 g/mol. The summed E-state index contributed by atoms with van der Waals surface area (Å²) < 4.78 is 0. The minimum absolute atomic E-state index is 1.03. The average molecular weight is 228 g/mol. The highest BCUT2D eigenvalue weighted by Gasteiger charge is 1.92. The summed E-state index contributed by atoms with van der Waals surface area (Å²) in [5.41, 5.74) is 0. The summed E-state index contributed by atoms with van der Waals surface area (Å²) in [7, 11) is 0. The normalized spacial score (nSPS) is 10.8. The Morgan fingerprint density at radius 1 is 0.600 bits per heavy atom. The largest absolute Gasteiger partial charge is 0.162 e. The van der Waals surface area contributed by atoms with Gasteiger partial charge in [0.2, 0.25) is 0 Å². The Morgan fingerprint density at radius 2 is 1.07 bits per heavy atom. The fraction of sp³-hybridized carbons (Fsp3) is 0.857. The standard InChI is InChI=1S/C14H28S/c1-3-5-6-7-8-9-10-11-12-13-14-15-4-2/h1-14H2. The van der Waals surface area contributed by atoms with E-state index in [0.717, 1.165) is 12.2 Å². The Labute approximate surface area is 102 Å². The summed E-state index contributed by atoms with van der Waals surface area (Å²) >= 11 is 1.97. The van der Waals surface area contributed by atoms with Gasteiger partial charge in [0.05, 0.1) is 0 Å². The third-order valence-electron chi connectivity index (χ3n) is 2.68. The smallest absolute Gasteiger partial charge is 0.00672 e. The molecule has 0 saturated heterocycles. The lowest BCUT2D eigenvalue weighted by atomic mass is 10.1. The molecule has 0 spiro atoms. The van der Waals surface area contributed by atoms with Crippen LogP contribution in [0.1, 0.15) is 64.2 Å². The molecule has 0 aliphatic heterocycles. The first-order valence-corrected chi connectivity index (χ1v) is 7.73. The number of thioether (sulfide) groups is 1. The molecule has 2 radical (unpaired) electrons. The van der Waals surface area contributed by atoms with Gasteiger partial charge in [0.1, 0.15) is 0 Å². The van der Waals surface area contributed by atoms with Gasteiger partial charge >= 0.3 is 0 Å². The molecule has 0 aromatic rings. The van der Waals surface area contributed by atoms with Gasteiger partial charge in [0.25, 0.3) is 0 Å². The van der Waals surface area contributed by atoms with E-state index in [1.807, 2.05) is 11.8 Å². The fourth-order valence-electron chi connectivity index (χ4n) is 1.72. The van der Waals surface area contributed by atoms with Crippen LogP contribution in [0, 0.1) is 13.8 Å². The molecule has 0 heterocycles. The molecule has 0 aromatic carbocycles. The molecule has 0 aliphatic carbocycles. The summed E-state index contributed by atoms with van der Waals surface area (Å²) in [6.45, 7) is 7.69. The van der Waals surface area contributed by atoms with E-state index < -0.39 is 0 Å². The van der Waals surface area contributed by atoms with E-state index in [9.17, 15) is 0 Å². The molecule has 15 heavy (non-hydrogen) atoms. The van der Waals surface area contributed by atoms with Crippen LogP contribution in [-0.4, -0.2) is 11.5 Å². The first kappa shape index (κ1) is 15.3. The van der Waals surface area contributed by atoms with Crippen LogP contribution in [0.5, 0.6) is 0 Å². The van der Waals surface area contributed by atoms with Gasteiger partial charge in [-0.1, -0.05) is 64.7 Å². The van der Waals surface area contributed by atoms with Crippen molar-refractivity contribution in [1.82, 2.24) is 0 Å².